The SMILES string of the molecule is CCCC=CC=CC=CC(=O)OC1C(C)C2(O)C3C=C(C)C(=O)C3CC(CO)=CC2C2C(C)(C)C12C(=O)OC. The summed E-state index contributed by atoms with van der Waals surface area (Å²) in [5, 5.41) is 22.8. The molecule has 0 heterocycles. The molecule has 4 rings (SSSR count). The van der Waals surface area contributed by atoms with Crippen LogP contribution in [0, 0.1) is 40.4 Å². The Hall–Kier alpha value is -2.77. The molecule has 2 saturated carbocycles. The number of ketones is 1. The molecule has 8 atom stereocenters. The zero-order valence-electron chi connectivity index (χ0n) is 23.8. The summed E-state index contributed by atoms with van der Waals surface area (Å²) in [7, 11) is 1.32. The molecule has 8 unspecified atom stereocenters. The Morgan fingerprint density at radius 3 is 2.46 bits per heavy atom. The van der Waals surface area contributed by atoms with Crippen LogP contribution in [-0.4, -0.2) is 53.4 Å². The molecule has 0 radical (unpaired) electrons. The second-order valence-corrected chi connectivity index (χ2v) is 12.1. The van der Waals surface area contributed by atoms with Gasteiger partial charge in [-0.25, -0.2) is 4.79 Å². The van der Waals surface area contributed by atoms with Crippen LogP contribution in [0.2, 0.25) is 0 Å². The van der Waals surface area contributed by atoms with E-state index in [-0.39, 0.29) is 12.4 Å². The number of aliphatic hydroxyl groups excluding tert-OH is 1. The van der Waals surface area contributed by atoms with E-state index in [4.69, 9.17) is 9.47 Å². The molecule has 7 nitrogen and oxygen atoms in total. The molecule has 0 aliphatic heterocycles. The van der Waals surface area contributed by atoms with Crippen LogP contribution in [0.15, 0.2) is 59.8 Å². The Morgan fingerprint density at radius 1 is 1.13 bits per heavy atom. The third-order valence-electron chi connectivity index (χ3n) is 9.92. The molecule has 7 heteroatoms. The van der Waals surface area contributed by atoms with E-state index < -0.39 is 64.1 Å². The maximum absolute atomic E-state index is 13.5. The second kappa shape index (κ2) is 10.7. The van der Waals surface area contributed by atoms with E-state index in [1.165, 1.54) is 13.2 Å². The summed E-state index contributed by atoms with van der Waals surface area (Å²) in [6, 6.07) is 0. The number of allylic oxidation sites excluding steroid dienone is 6. The van der Waals surface area contributed by atoms with Crippen molar-refractivity contribution in [1.82, 2.24) is 0 Å². The maximum atomic E-state index is 13.5. The first-order valence-electron chi connectivity index (χ1n) is 14.0. The van der Waals surface area contributed by atoms with Gasteiger partial charge in [0, 0.05) is 29.7 Å². The summed E-state index contributed by atoms with van der Waals surface area (Å²) in [6.45, 7) is 9.27. The molecule has 39 heavy (non-hydrogen) atoms. The van der Waals surface area contributed by atoms with Gasteiger partial charge in [0.1, 0.15) is 11.5 Å². The summed E-state index contributed by atoms with van der Waals surface area (Å²) in [5.41, 5.74) is -2.09. The van der Waals surface area contributed by atoms with Gasteiger partial charge in [-0.15, -0.1) is 0 Å². The lowest BCUT2D eigenvalue weighted by Gasteiger charge is -2.51. The lowest BCUT2D eigenvalue weighted by Crippen LogP contribution is -2.62. The molecule has 0 saturated heterocycles. The van der Waals surface area contributed by atoms with Gasteiger partial charge >= 0.3 is 11.9 Å². The number of aliphatic hydroxyl groups is 2. The van der Waals surface area contributed by atoms with E-state index in [1.807, 2.05) is 44.2 Å². The van der Waals surface area contributed by atoms with Crippen LogP contribution in [0.25, 0.3) is 0 Å². The van der Waals surface area contributed by atoms with Crippen molar-refractivity contribution in [3.05, 3.63) is 59.8 Å². The van der Waals surface area contributed by atoms with Gasteiger partial charge in [-0.1, -0.05) is 76.6 Å². The van der Waals surface area contributed by atoms with Crippen molar-refractivity contribution in [3.8, 4) is 0 Å². The Kier molecular flexibility index (Phi) is 7.99. The van der Waals surface area contributed by atoms with Crippen LogP contribution in [0.4, 0.5) is 0 Å². The molecule has 0 aromatic heterocycles. The van der Waals surface area contributed by atoms with Gasteiger partial charge in [0.15, 0.2) is 5.78 Å². The molecular weight excluding hydrogens is 496 g/mol. The highest BCUT2D eigenvalue weighted by Gasteiger charge is 2.88. The molecule has 0 aromatic rings. The molecule has 0 aromatic carbocycles. The minimum absolute atomic E-state index is 0.0447. The normalized spacial score (nSPS) is 38.6. The minimum Gasteiger partial charge on any atom is -0.468 e. The van der Waals surface area contributed by atoms with Crippen molar-refractivity contribution in [2.75, 3.05) is 13.7 Å². The molecule has 0 spiro atoms. The number of carbonyl (C=O) groups excluding carboxylic acids is 3. The van der Waals surface area contributed by atoms with Crippen LogP contribution >= 0.6 is 0 Å². The Labute approximate surface area is 231 Å². The molecular formula is C32H42O7. The molecule has 4 aliphatic rings. The standard InChI is InChI=1S/C32H42O7/c1-7-8-9-10-11-12-13-14-25(34)39-28-20(3)32(37)23-15-19(2)26(35)22(23)16-21(18-33)17-24(32)27-30(4,5)31(27,28)29(36)38-6/h9-15,17,20,22-24,27-28,33,37H,7-8,16,18H2,1-6H3. The highest BCUT2D eigenvalue weighted by atomic mass is 16.6. The molecule has 2 N–H and O–H groups in total. The van der Waals surface area contributed by atoms with Crippen LogP contribution in [-0.2, 0) is 23.9 Å². The smallest absolute Gasteiger partial charge is 0.331 e. The number of unbranched alkanes of at least 4 members (excludes halogenated alkanes) is 1. The van der Waals surface area contributed by atoms with E-state index in [0.29, 0.717) is 17.6 Å². The largest absolute Gasteiger partial charge is 0.468 e. The summed E-state index contributed by atoms with van der Waals surface area (Å²) >= 11 is 0. The van der Waals surface area contributed by atoms with Crippen LogP contribution in [0.1, 0.15) is 53.9 Å². The van der Waals surface area contributed by atoms with E-state index in [1.54, 1.807) is 26.0 Å². The fourth-order valence-corrected chi connectivity index (χ4v) is 8.03. The van der Waals surface area contributed by atoms with E-state index in [9.17, 15) is 24.6 Å². The fraction of sp³-hybridized carbons (Fsp3) is 0.594. The predicted octanol–water partition coefficient (Wildman–Crippen LogP) is 4.26. The first kappa shape index (κ1) is 29.2. The van der Waals surface area contributed by atoms with Gasteiger partial charge < -0.3 is 19.7 Å². The van der Waals surface area contributed by atoms with E-state index in [0.717, 1.165) is 12.8 Å². The van der Waals surface area contributed by atoms with Crippen LogP contribution < -0.4 is 0 Å². The highest BCUT2D eigenvalue weighted by molar-refractivity contribution is 6.00. The summed E-state index contributed by atoms with van der Waals surface area (Å²) in [4.78, 5) is 39.8. The third-order valence-corrected chi connectivity index (χ3v) is 9.92. The number of methoxy groups -OCH3 is 1. The first-order valence-corrected chi connectivity index (χ1v) is 14.0. The van der Waals surface area contributed by atoms with Gasteiger partial charge in [0.05, 0.1) is 19.3 Å². The number of Topliss-reactive ketones (excluding diaryl/α,β-unsaturated/α-hetero) is 1. The summed E-state index contributed by atoms with van der Waals surface area (Å²) < 4.78 is 11.4. The lowest BCUT2D eigenvalue weighted by atomic mass is 9.58. The van der Waals surface area contributed by atoms with Crippen LogP contribution in [0.3, 0.4) is 0 Å². The summed E-state index contributed by atoms with van der Waals surface area (Å²) in [5.74, 6) is -3.87. The number of hydrogen-bond acceptors (Lipinski definition) is 7. The maximum Gasteiger partial charge on any atom is 0.331 e. The minimum atomic E-state index is -1.48. The zero-order chi connectivity index (χ0) is 28.8. The number of hydrogen-bond donors (Lipinski definition) is 2. The van der Waals surface area contributed by atoms with E-state index >= 15 is 0 Å². The van der Waals surface area contributed by atoms with Crippen molar-refractivity contribution < 1.29 is 34.1 Å². The Balaban J connectivity index is 1.76. The topological polar surface area (TPSA) is 110 Å². The second-order valence-electron chi connectivity index (χ2n) is 12.1. The Morgan fingerprint density at radius 2 is 1.82 bits per heavy atom. The van der Waals surface area contributed by atoms with Crippen molar-refractivity contribution in [3.63, 3.8) is 0 Å². The quantitative estimate of drug-likeness (QED) is 0.206. The molecule has 0 amide bonds. The zero-order valence-corrected chi connectivity index (χ0v) is 23.8. The average Bonchev–Trinajstić information content (AvgIpc) is 3.34. The first-order chi connectivity index (χ1) is 18.4. The van der Waals surface area contributed by atoms with Crippen molar-refractivity contribution in [2.24, 2.45) is 40.4 Å². The third kappa shape index (κ3) is 4.29. The Bertz CT molecular complexity index is 1170. The van der Waals surface area contributed by atoms with E-state index in [2.05, 4.69) is 6.92 Å². The number of rotatable bonds is 8. The van der Waals surface area contributed by atoms with Gasteiger partial charge in [0.25, 0.3) is 0 Å². The number of fused-ring (bicyclic) bond motifs is 5. The number of ether oxygens (including phenoxy) is 2. The average molecular weight is 539 g/mol. The molecule has 0 bridgehead atoms. The van der Waals surface area contributed by atoms with Gasteiger partial charge in [-0.05, 0) is 42.2 Å². The number of esters is 2. The molecule has 212 valence electrons. The van der Waals surface area contributed by atoms with Gasteiger partial charge in [0.2, 0.25) is 0 Å². The van der Waals surface area contributed by atoms with Gasteiger partial charge in [-0.3, -0.25) is 9.59 Å². The molecule has 2 fully saturated rings. The summed E-state index contributed by atoms with van der Waals surface area (Å²) in [6.07, 6.45) is 15.5. The fourth-order valence-electron chi connectivity index (χ4n) is 8.03. The lowest BCUT2D eigenvalue weighted by molar-refractivity contribution is -0.201. The monoisotopic (exact) mass is 538 g/mol. The highest BCUT2D eigenvalue weighted by Crippen LogP contribution is 2.80. The van der Waals surface area contributed by atoms with Crippen molar-refractivity contribution in [1.29, 1.82) is 0 Å². The number of carbonyl (C=O) groups is 3. The van der Waals surface area contributed by atoms with Gasteiger partial charge in [-0.2, -0.15) is 0 Å². The van der Waals surface area contributed by atoms with Crippen LogP contribution in [0.5, 0.6) is 0 Å². The van der Waals surface area contributed by atoms with Crippen molar-refractivity contribution >= 4 is 17.7 Å². The predicted molar refractivity (Wildman–Crippen MR) is 147 cm³/mol. The molecule has 4 aliphatic carbocycles. The van der Waals surface area contributed by atoms with Crippen molar-refractivity contribution in [2.45, 2.75) is 65.6 Å².